The standard InChI is InChI=1S/C12H9ClO2S/c13-8-2-1-3-9-11(8)7-4-6(12(14)15)5-10(7)16-9/h1-3,6H,4-5H2,(H,14,15). The maximum absolute atomic E-state index is 11.0. The first-order chi connectivity index (χ1) is 7.66. The van der Waals surface area contributed by atoms with Gasteiger partial charge in [0.15, 0.2) is 0 Å². The number of fused-ring (bicyclic) bond motifs is 3. The average molecular weight is 253 g/mol. The van der Waals surface area contributed by atoms with Crippen molar-refractivity contribution in [3.63, 3.8) is 0 Å². The Hall–Kier alpha value is -1.06. The van der Waals surface area contributed by atoms with E-state index in [1.807, 2.05) is 18.2 Å². The topological polar surface area (TPSA) is 37.3 Å². The van der Waals surface area contributed by atoms with Crippen LogP contribution in [0.15, 0.2) is 18.2 Å². The number of aliphatic carboxylic acids is 1. The van der Waals surface area contributed by atoms with E-state index in [1.165, 1.54) is 9.58 Å². The molecule has 82 valence electrons. The van der Waals surface area contributed by atoms with Crippen LogP contribution in [0.3, 0.4) is 0 Å². The molecule has 0 radical (unpaired) electrons. The first-order valence-electron chi connectivity index (χ1n) is 5.08. The molecule has 0 saturated heterocycles. The highest BCUT2D eigenvalue weighted by Gasteiger charge is 2.30. The number of carboxylic acid groups (broad SMARTS) is 1. The first kappa shape index (κ1) is 10.1. The van der Waals surface area contributed by atoms with Crippen LogP contribution in [-0.4, -0.2) is 11.1 Å². The Labute approximate surface area is 101 Å². The van der Waals surface area contributed by atoms with E-state index < -0.39 is 5.97 Å². The number of benzene rings is 1. The summed E-state index contributed by atoms with van der Waals surface area (Å²) in [5, 5.41) is 10.8. The summed E-state index contributed by atoms with van der Waals surface area (Å²) in [5.74, 6) is -0.967. The van der Waals surface area contributed by atoms with Gasteiger partial charge in [-0.3, -0.25) is 4.79 Å². The zero-order chi connectivity index (χ0) is 11.3. The number of halogens is 1. The quantitative estimate of drug-likeness (QED) is 0.845. The van der Waals surface area contributed by atoms with Crippen molar-refractivity contribution in [3.8, 4) is 0 Å². The highest BCUT2D eigenvalue weighted by atomic mass is 35.5. The molecular weight excluding hydrogens is 244 g/mol. The van der Waals surface area contributed by atoms with Crippen molar-refractivity contribution in [2.75, 3.05) is 0 Å². The fourth-order valence-corrected chi connectivity index (χ4v) is 4.00. The molecule has 0 bridgehead atoms. The lowest BCUT2D eigenvalue weighted by atomic mass is 10.1. The van der Waals surface area contributed by atoms with E-state index in [1.54, 1.807) is 11.3 Å². The van der Waals surface area contributed by atoms with Crippen LogP contribution >= 0.6 is 22.9 Å². The molecule has 0 amide bonds. The zero-order valence-corrected chi connectivity index (χ0v) is 9.94. The van der Waals surface area contributed by atoms with Gasteiger partial charge in [-0.15, -0.1) is 11.3 Å². The van der Waals surface area contributed by atoms with Crippen LogP contribution in [0.5, 0.6) is 0 Å². The predicted molar refractivity (Wildman–Crippen MR) is 65.4 cm³/mol. The number of thiophene rings is 1. The van der Waals surface area contributed by atoms with Gasteiger partial charge in [-0.1, -0.05) is 17.7 Å². The lowest BCUT2D eigenvalue weighted by Gasteiger charge is -2.02. The van der Waals surface area contributed by atoms with Crippen molar-refractivity contribution in [2.45, 2.75) is 12.8 Å². The molecule has 1 aromatic heterocycles. The molecule has 1 aromatic carbocycles. The van der Waals surface area contributed by atoms with E-state index in [9.17, 15) is 4.79 Å². The Balaban J connectivity index is 2.17. The molecule has 0 saturated carbocycles. The Bertz CT molecular complexity index is 588. The van der Waals surface area contributed by atoms with Crippen molar-refractivity contribution in [3.05, 3.63) is 33.7 Å². The van der Waals surface area contributed by atoms with Gasteiger partial charge in [0.25, 0.3) is 0 Å². The maximum Gasteiger partial charge on any atom is 0.307 e. The molecule has 1 aliphatic rings. The van der Waals surface area contributed by atoms with E-state index in [2.05, 4.69) is 0 Å². The van der Waals surface area contributed by atoms with Crippen molar-refractivity contribution < 1.29 is 9.90 Å². The fraction of sp³-hybridized carbons (Fsp3) is 0.250. The molecule has 3 rings (SSSR count). The minimum atomic E-state index is -0.705. The minimum absolute atomic E-state index is 0.262. The van der Waals surface area contributed by atoms with Gasteiger partial charge in [-0.25, -0.2) is 0 Å². The van der Waals surface area contributed by atoms with Gasteiger partial charge in [-0.2, -0.15) is 0 Å². The number of carbonyl (C=O) groups is 1. The van der Waals surface area contributed by atoms with Gasteiger partial charge in [0.1, 0.15) is 0 Å². The van der Waals surface area contributed by atoms with Gasteiger partial charge < -0.3 is 5.11 Å². The largest absolute Gasteiger partial charge is 0.481 e. The Morgan fingerprint density at radius 1 is 1.44 bits per heavy atom. The van der Waals surface area contributed by atoms with E-state index >= 15 is 0 Å². The summed E-state index contributed by atoms with van der Waals surface area (Å²) in [5.41, 5.74) is 1.15. The fourth-order valence-electron chi connectivity index (χ4n) is 2.31. The Kier molecular flexibility index (Phi) is 2.19. The minimum Gasteiger partial charge on any atom is -0.481 e. The third-order valence-corrected chi connectivity index (χ3v) is 4.61. The SMILES string of the molecule is O=C(O)C1Cc2sc3cccc(Cl)c3c2C1. The summed E-state index contributed by atoms with van der Waals surface area (Å²) in [7, 11) is 0. The molecule has 0 spiro atoms. The molecule has 1 unspecified atom stereocenters. The molecule has 4 heteroatoms. The Morgan fingerprint density at radius 2 is 2.25 bits per heavy atom. The normalized spacial score (nSPS) is 18.9. The molecule has 0 aliphatic heterocycles. The molecule has 16 heavy (non-hydrogen) atoms. The number of carboxylic acids is 1. The van der Waals surface area contributed by atoms with Crippen LogP contribution in [0.2, 0.25) is 5.02 Å². The van der Waals surface area contributed by atoms with Crippen LogP contribution in [0.1, 0.15) is 10.4 Å². The second-order valence-corrected chi connectivity index (χ2v) is 5.60. The first-order valence-corrected chi connectivity index (χ1v) is 6.28. The molecule has 2 nitrogen and oxygen atoms in total. The Morgan fingerprint density at radius 3 is 3.00 bits per heavy atom. The summed E-state index contributed by atoms with van der Waals surface area (Å²) in [6, 6.07) is 5.84. The average Bonchev–Trinajstić information content (AvgIpc) is 2.73. The van der Waals surface area contributed by atoms with E-state index in [-0.39, 0.29) is 5.92 Å². The van der Waals surface area contributed by atoms with Crippen molar-refractivity contribution in [1.29, 1.82) is 0 Å². The van der Waals surface area contributed by atoms with Gasteiger partial charge in [0.05, 0.1) is 5.92 Å². The molecule has 1 aliphatic carbocycles. The van der Waals surface area contributed by atoms with Gasteiger partial charge >= 0.3 is 5.97 Å². The van der Waals surface area contributed by atoms with Crippen LogP contribution in [-0.2, 0) is 17.6 Å². The third-order valence-electron chi connectivity index (χ3n) is 3.08. The molecular formula is C12H9ClO2S. The van der Waals surface area contributed by atoms with Crippen LogP contribution in [0.4, 0.5) is 0 Å². The summed E-state index contributed by atoms with van der Waals surface area (Å²) >= 11 is 7.84. The van der Waals surface area contributed by atoms with Crippen LogP contribution in [0.25, 0.3) is 10.1 Å². The summed E-state index contributed by atoms with van der Waals surface area (Å²) in [6.45, 7) is 0. The van der Waals surface area contributed by atoms with E-state index in [0.29, 0.717) is 12.8 Å². The monoisotopic (exact) mass is 252 g/mol. The van der Waals surface area contributed by atoms with Crippen molar-refractivity contribution in [1.82, 2.24) is 0 Å². The van der Waals surface area contributed by atoms with Crippen molar-refractivity contribution >= 4 is 39.0 Å². The van der Waals surface area contributed by atoms with E-state index in [4.69, 9.17) is 16.7 Å². The highest BCUT2D eigenvalue weighted by Crippen LogP contribution is 2.42. The lowest BCUT2D eigenvalue weighted by molar-refractivity contribution is -0.141. The molecule has 1 heterocycles. The molecule has 1 atom stereocenters. The second kappa shape index (κ2) is 3.47. The highest BCUT2D eigenvalue weighted by molar-refractivity contribution is 7.19. The second-order valence-electron chi connectivity index (χ2n) is 4.06. The molecule has 2 aromatic rings. The predicted octanol–water partition coefficient (Wildman–Crippen LogP) is 3.35. The zero-order valence-electron chi connectivity index (χ0n) is 8.37. The summed E-state index contributed by atoms with van der Waals surface area (Å²) < 4.78 is 1.17. The summed E-state index contributed by atoms with van der Waals surface area (Å²) in [6.07, 6.45) is 1.27. The van der Waals surface area contributed by atoms with Gasteiger partial charge in [-0.05, 0) is 30.5 Å². The van der Waals surface area contributed by atoms with Crippen LogP contribution in [0, 0.1) is 5.92 Å². The smallest absolute Gasteiger partial charge is 0.307 e. The van der Waals surface area contributed by atoms with Crippen LogP contribution < -0.4 is 0 Å². The summed E-state index contributed by atoms with van der Waals surface area (Å²) in [4.78, 5) is 12.2. The lowest BCUT2D eigenvalue weighted by Crippen LogP contribution is -2.13. The van der Waals surface area contributed by atoms with Crippen molar-refractivity contribution in [2.24, 2.45) is 5.92 Å². The number of hydrogen-bond acceptors (Lipinski definition) is 2. The van der Waals surface area contributed by atoms with E-state index in [0.717, 1.165) is 16.0 Å². The third kappa shape index (κ3) is 1.35. The molecule has 1 N–H and O–H groups in total. The van der Waals surface area contributed by atoms with Gasteiger partial charge in [0, 0.05) is 20.0 Å². The number of hydrogen-bond donors (Lipinski definition) is 1. The number of rotatable bonds is 1. The van der Waals surface area contributed by atoms with Gasteiger partial charge in [0.2, 0.25) is 0 Å². The maximum atomic E-state index is 11.0. The molecule has 0 fully saturated rings.